The van der Waals surface area contributed by atoms with Crippen molar-refractivity contribution in [2.24, 2.45) is 7.05 Å². The molecule has 1 aliphatic rings. The maximum Gasteiger partial charge on any atom is 0.220 e. The molecule has 3 rings (SSSR count). The van der Waals surface area contributed by atoms with Crippen LogP contribution in [0, 0.1) is 0 Å². The number of benzene rings is 1. The Morgan fingerprint density at radius 2 is 2.05 bits per heavy atom. The average molecular weight is 321 g/mol. The lowest BCUT2D eigenvalue weighted by Crippen LogP contribution is -2.60. The summed E-state index contributed by atoms with van der Waals surface area (Å²) in [6, 6.07) is 3.93. The maximum atomic E-state index is 11.8. The Hall–Kier alpha value is -1.75. The first-order valence-corrected chi connectivity index (χ1v) is 7.82. The van der Waals surface area contributed by atoms with E-state index in [1.54, 1.807) is 6.92 Å². The number of nitrogens with zero attached hydrogens (tertiary/aromatic N) is 4. The van der Waals surface area contributed by atoms with Gasteiger partial charge in [-0.25, -0.2) is 0 Å². The summed E-state index contributed by atoms with van der Waals surface area (Å²) < 4.78 is 1.83. The van der Waals surface area contributed by atoms with Gasteiger partial charge in [0.2, 0.25) is 5.91 Å². The monoisotopic (exact) mass is 320 g/mol. The van der Waals surface area contributed by atoms with Crippen molar-refractivity contribution in [3.8, 4) is 0 Å². The van der Waals surface area contributed by atoms with Gasteiger partial charge in [-0.3, -0.25) is 9.48 Å². The normalized spacial score (nSPS) is 18.0. The second-order valence-corrected chi connectivity index (χ2v) is 6.97. The zero-order valence-corrected chi connectivity index (χ0v) is 14.2. The predicted octanol–water partition coefficient (Wildman–Crippen LogP) is 2.67. The number of aryl methyl sites for hydroxylation is 1. The largest absolute Gasteiger partial charge is 0.367 e. The molecule has 1 aliphatic heterocycles. The van der Waals surface area contributed by atoms with Gasteiger partial charge in [-0.15, -0.1) is 0 Å². The Labute approximate surface area is 135 Å². The first-order chi connectivity index (χ1) is 10.3. The summed E-state index contributed by atoms with van der Waals surface area (Å²) in [5, 5.41) is 6.14. The molecule has 0 atom stereocenters. The molecule has 5 nitrogen and oxygen atoms in total. The number of amides is 1. The van der Waals surface area contributed by atoms with Crippen molar-refractivity contribution in [2.45, 2.75) is 26.3 Å². The van der Waals surface area contributed by atoms with Gasteiger partial charge < -0.3 is 9.80 Å². The lowest BCUT2D eigenvalue weighted by Gasteiger charge is -2.47. The molecule has 0 radical (unpaired) electrons. The van der Waals surface area contributed by atoms with Gasteiger partial charge >= 0.3 is 0 Å². The molecular formula is C16H21ClN4O. The third kappa shape index (κ3) is 2.43. The first-order valence-electron chi connectivity index (χ1n) is 7.44. The molecule has 1 fully saturated rings. The van der Waals surface area contributed by atoms with Crippen LogP contribution in [-0.2, 0) is 11.8 Å². The van der Waals surface area contributed by atoms with E-state index in [1.807, 2.05) is 35.0 Å². The van der Waals surface area contributed by atoms with E-state index in [0.717, 1.165) is 36.2 Å². The Morgan fingerprint density at radius 3 is 2.68 bits per heavy atom. The summed E-state index contributed by atoms with van der Waals surface area (Å²) >= 11 is 6.29. The average Bonchev–Trinajstić information content (AvgIpc) is 2.78. The molecule has 1 aromatic carbocycles. The van der Waals surface area contributed by atoms with Crippen LogP contribution >= 0.6 is 11.6 Å². The van der Waals surface area contributed by atoms with Gasteiger partial charge in [0.15, 0.2) is 0 Å². The van der Waals surface area contributed by atoms with Crippen molar-refractivity contribution in [1.82, 2.24) is 14.7 Å². The Bertz CT molecular complexity index is 737. The predicted molar refractivity (Wildman–Crippen MR) is 89.4 cm³/mol. The molecule has 0 bridgehead atoms. The van der Waals surface area contributed by atoms with Crippen molar-refractivity contribution in [1.29, 1.82) is 0 Å². The van der Waals surface area contributed by atoms with Gasteiger partial charge in [0.05, 0.1) is 17.3 Å². The summed E-state index contributed by atoms with van der Waals surface area (Å²) in [6.07, 6.45) is 1.88. The molecule has 118 valence electrons. The second-order valence-electron chi connectivity index (χ2n) is 6.53. The molecule has 1 amide bonds. The smallest absolute Gasteiger partial charge is 0.220 e. The minimum atomic E-state index is -0.207. The molecule has 22 heavy (non-hydrogen) atoms. The lowest BCUT2D eigenvalue weighted by molar-refractivity contribution is -0.134. The zero-order valence-electron chi connectivity index (χ0n) is 13.4. The molecule has 0 saturated carbocycles. The minimum Gasteiger partial charge on any atom is -0.367 e. The summed E-state index contributed by atoms with van der Waals surface area (Å²) in [5.41, 5.74) is 1.90. The van der Waals surface area contributed by atoms with Crippen LogP contribution in [0.3, 0.4) is 0 Å². The van der Waals surface area contributed by atoms with Crippen LogP contribution < -0.4 is 4.90 Å². The summed E-state index contributed by atoms with van der Waals surface area (Å²) in [7, 11) is 1.92. The third-order valence-electron chi connectivity index (χ3n) is 4.43. The third-order valence-corrected chi connectivity index (χ3v) is 4.65. The van der Waals surface area contributed by atoms with E-state index in [1.165, 1.54) is 0 Å². The number of anilines is 1. The number of aromatic nitrogens is 2. The SMILES string of the molecule is CC(=O)N1CCN(c2cc(Cl)cc3c2cnn3C)CC1(C)C. The highest BCUT2D eigenvalue weighted by atomic mass is 35.5. The van der Waals surface area contributed by atoms with Crippen molar-refractivity contribution in [3.63, 3.8) is 0 Å². The summed E-state index contributed by atoms with van der Waals surface area (Å²) in [5.74, 6) is 0.127. The fraction of sp³-hybridized carbons (Fsp3) is 0.500. The molecule has 1 aromatic heterocycles. The van der Waals surface area contributed by atoms with Crippen LogP contribution in [-0.4, -0.2) is 45.8 Å². The van der Waals surface area contributed by atoms with Crippen LogP contribution in [0.4, 0.5) is 5.69 Å². The van der Waals surface area contributed by atoms with Crippen molar-refractivity contribution in [3.05, 3.63) is 23.4 Å². The molecule has 1 saturated heterocycles. The van der Waals surface area contributed by atoms with Crippen LogP contribution in [0.1, 0.15) is 20.8 Å². The molecule has 2 aromatic rings. The highest BCUT2D eigenvalue weighted by molar-refractivity contribution is 6.31. The number of piperazine rings is 1. The molecule has 2 heterocycles. The second kappa shape index (κ2) is 5.16. The van der Waals surface area contributed by atoms with E-state index < -0.39 is 0 Å². The molecule has 0 N–H and O–H groups in total. The molecule has 0 aliphatic carbocycles. The summed E-state index contributed by atoms with van der Waals surface area (Å²) in [4.78, 5) is 16.0. The molecule has 0 unspecified atom stereocenters. The number of carbonyl (C=O) groups is 1. The van der Waals surface area contributed by atoms with E-state index in [-0.39, 0.29) is 11.4 Å². The van der Waals surface area contributed by atoms with Crippen molar-refractivity contribution in [2.75, 3.05) is 24.5 Å². The van der Waals surface area contributed by atoms with Gasteiger partial charge in [0.1, 0.15) is 0 Å². The van der Waals surface area contributed by atoms with Crippen molar-refractivity contribution < 1.29 is 4.79 Å². The van der Waals surface area contributed by atoms with Gasteiger partial charge in [-0.2, -0.15) is 5.10 Å². The number of carbonyl (C=O) groups excluding carboxylic acids is 1. The standard InChI is InChI=1S/C16H21ClN4O/c1-11(22)21-6-5-20(10-16(21,2)3)15-8-12(17)7-14-13(15)9-18-19(14)4/h7-9H,5-6,10H2,1-4H3. The number of hydrogen-bond acceptors (Lipinski definition) is 3. The number of hydrogen-bond donors (Lipinski definition) is 0. The highest BCUT2D eigenvalue weighted by Gasteiger charge is 2.35. The van der Waals surface area contributed by atoms with E-state index in [4.69, 9.17) is 11.6 Å². The van der Waals surface area contributed by atoms with Crippen LogP contribution in [0.5, 0.6) is 0 Å². The van der Waals surface area contributed by atoms with Crippen molar-refractivity contribution >= 4 is 34.1 Å². The number of fused-ring (bicyclic) bond motifs is 1. The quantitative estimate of drug-likeness (QED) is 0.811. The topological polar surface area (TPSA) is 41.4 Å². The van der Waals surface area contributed by atoms with E-state index >= 15 is 0 Å². The van der Waals surface area contributed by atoms with E-state index in [2.05, 4.69) is 23.8 Å². The fourth-order valence-corrected chi connectivity index (χ4v) is 3.61. The zero-order chi connectivity index (χ0) is 16.1. The number of halogens is 1. The maximum absolute atomic E-state index is 11.8. The van der Waals surface area contributed by atoms with Gasteiger partial charge in [-0.05, 0) is 26.0 Å². The highest BCUT2D eigenvalue weighted by Crippen LogP contribution is 2.33. The van der Waals surface area contributed by atoms with Gasteiger partial charge in [0.25, 0.3) is 0 Å². The van der Waals surface area contributed by atoms with Crippen LogP contribution in [0.15, 0.2) is 18.3 Å². The fourth-order valence-electron chi connectivity index (χ4n) is 3.40. The lowest BCUT2D eigenvalue weighted by atomic mass is 9.97. The molecular weight excluding hydrogens is 300 g/mol. The van der Waals surface area contributed by atoms with E-state index in [9.17, 15) is 4.79 Å². The minimum absolute atomic E-state index is 0.127. The molecule has 6 heteroatoms. The Morgan fingerprint density at radius 1 is 1.32 bits per heavy atom. The van der Waals surface area contributed by atoms with Crippen LogP contribution in [0.2, 0.25) is 5.02 Å². The van der Waals surface area contributed by atoms with Gasteiger partial charge in [0, 0.05) is 49.7 Å². The molecule has 0 spiro atoms. The van der Waals surface area contributed by atoms with Gasteiger partial charge in [-0.1, -0.05) is 11.6 Å². The Balaban J connectivity index is 2.01. The summed E-state index contributed by atoms with van der Waals surface area (Å²) in [6.45, 7) is 8.13. The van der Waals surface area contributed by atoms with E-state index in [0.29, 0.717) is 5.02 Å². The Kier molecular flexibility index (Phi) is 3.56. The van der Waals surface area contributed by atoms with Crippen LogP contribution in [0.25, 0.3) is 10.9 Å². The number of rotatable bonds is 1. The first kappa shape index (κ1) is 15.2.